The summed E-state index contributed by atoms with van der Waals surface area (Å²) in [6, 6.07) is 0. The number of carbonyl (C=O) groups is 1. The zero-order valence-electron chi connectivity index (χ0n) is 11.8. The van der Waals surface area contributed by atoms with Crippen LogP contribution in [0.3, 0.4) is 0 Å². The Morgan fingerprint density at radius 3 is 2.17 bits per heavy atom. The van der Waals surface area contributed by atoms with Gasteiger partial charge in [0.05, 0.1) is 5.41 Å². The van der Waals surface area contributed by atoms with Gasteiger partial charge in [-0.2, -0.15) is 0 Å². The Labute approximate surface area is 111 Å². The maximum atomic E-state index is 12.5. The molecule has 0 aromatic carbocycles. The zero-order chi connectivity index (χ0) is 13.1. The van der Waals surface area contributed by atoms with Crippen LogP contribution < -0.4 is 11.1 Å². The second-order valence-electron chi connectivity index (χ2n) is 6.75. The molecule has 2 aliphatic rings. The number of carbonyl (C=O) groups excluding carboxylic acids is 1. The number of rotatable bonds is 4. The summed E-state index contributed by atoms with van der Waals surface area (Å²) in [5, 5.41) is 3.21. The maximum Gasteiger partial charge on any atom is 0.227 e. The third-order valence-electron chi connectivity index (χ3n) is 5.17. The summed E-state index contributed by atoms with van der Waals surface area (Å²) in [7, 11) is 0. The molecule has 3 N–H and O–H groups in total. The van der Waals surface area contributed by atoms with Crippen LogP contribution in [0.5, 0.6) is 0 Å². The van der Waals surface area contributed by atoms with Gasteiger partial charge in [-0.15, -0.1) is 0 Å². The van der Waals surface area contributed by atoms with E-state index in [0.717, 1.165) is 32.2 Å². The largest absolute Gasteiger partial charge is 0.355 e. The minimum absolute atomic E-state index is 0.220. The molecule has 3 heteroatoms. The van der Waals surface area contributed by atoms with E-state index in [1.165, 1.54) is 32.1 Å². The van der Waals surface area contributed by atoms with Crippen molar-refractivity contribution >= 4 is 5.91 Å². The van der Waals surface area contributed by atoms with Gasteiger partial charge in [-0.1, -0.05) is 39.0 Å². The average Bonchev–Trinajstić information content (AvgIpc) is 2.84. The Hall–Kier alpha value is -0.570. The summed E-state index contributed by atoms with van der Waals surface area (Å²) in [5.41, 5.74) is 5.97. The summed E-state index contributed by atoms with van der Waals surface area (Å²) in [4.78, 5) is 12.5. The normalized spacial score (nSPS) is 25.9. The van der Waals surface area contributed by atoms with Gasteiger partial charge in [0, 0.05) is 13.1 Å². The van der Waals surface area contributed by atoms with Crippen LogP contribution in [0.1, 0.15) is 64.7 Å². The highest BCUT2D eigenvalue weighted by molar-refractivity contribution is 5.83. The fraction of sp³-hybridized carbons (Fsp3) is 0.933. The molecule has 0 atom stereocenters. The molecule has 0 bridgehead atoms. The third-order valence-corrected chi connectivity index (χ3v) is 5.17. The molecule has 2 aliphatic carbocycles. The third kappa shape index (κ3) is 2.87. The highest BCUT2D eigenvalue weighted by Gasteiger charge is 2.39. The Bertz CT molecular complexity index is 289. The molecular formula is C15H28N2O. The van der Waals surface area contributed by atoms with Gasteiger partial charge in [0.25, 0.3) is 0 Å². The molecule has 3 nitrogen and oxygen atoms in total. The van der Waals surface area contributed by atoms with Gasteiger partial charge in [-0.25, -0.2) is 0 Å². The van der Waals surface area contributed by atoms with Gasteiger partial charge in [0.15, 0.2) is 0 Å². The van der Waals surface area contributed by atoms with Gasteiger partial charge in [0.2, 0.25) is 5.91 Å². The van der Waals surface area contributed by atoms with Crippen molar-refractivity contribution in [1.29, 1.82) is 0 Å². The van der Waals surface area contributed by atoms with Crippen LogP contribution in [-0.2, 0) is 4.79 Å². The second kappa shape index (κ2) is 5.60. The lowest BCUT2D eigenvalue weighted by molar-refractivity contribution is -0.132. The molecule has 2 fully saturated rings. The number of amides is 1. The number of nitrogens with one attached hydrogen (secondary N) is 1. The van der Waals surface area contributed by atoms with E-state index in [1.54, 1.807) is 0 Å². The Balaban J connectivity index is 1.89. The maximum absolute atomic E-state index is 12.5. The molecule has 0 aromatic heterocycles. The van der Waals surface area contributed by atoms with Crippen molar-refractivity contribution in [1.82, 2.24) is 5.32 Å². The fourth-order valence-corrected chi connectivity index (χ4v) is 3.64. The van der Waals surface area contributed by atoms with Crippen LogP contribution in [0.15, 0.2) is 0 Å². The topological polar surface area (TPSA) is 55.1 Å². The highest BCUT2D eigenvalue weighted by Crippen LogP contribution is 2.38. The molecule has 2 saturated carbocycles. The van der Waals surface area contributed by atoms with Crippen LogP contribution >= 0.6 is 0 Å². The van der Waals surface area contributed by atoms with Gasteiger partial charge >= 0.3 is 0 Å². The molecule has 0 saturated heterocycles. The molecule has 1 amide bonds. The quantitative estimate of drug-likeness (QED) is 0.808. The fourth-order valence-electron chi connectivity index (χ4n) is 3.64. The van der Waals surface area contributed by atoms with E-state index in [2.05, 4.69) is 12.2 Å². The first-order valence-corrected chi connectivity index (χ1v) is 7.59. The molecule has 0 heterocycles. The molecule has 2 rings (SSSR count). The van der Waals surface area contributed by atoms with Gasteiger partial charge < -0.3 is 11.1 Å². The van der Waals surface area contributed by atoms with Crippen LogP contribution in [0, 0.1) is 10.8 Å². The first-order chi connectivity index (χ1) is 8.60. The molecular weight excluding hydrogens is 224 g/mol. The molecule has 0 radical (unpaired) electrons. The SMILES string of the molecule is CC1(CNC(=O)C2(CN)CCCCC2)CCCC1. The zero-order valence-corrected chi connectivity index (χ0v) is 11.8. The Morgan fingerprint density at radius 1 is 1.06 bits per heavy atom. The van der Waals surface area contributed by atoms with Crippen molar-refractivity contribution in [2.24, 2.45) is 16.6 Å². The monoisotopic (exact) mass is 252 g/mol. The molecule has 0 unspecified atom stereocenters. The molecule has 18 heavy (non-hydrogen) atoms. The highest BCUT2D eigenvalue weighted by atomic mass is 16.2. The second-order valence-corrected chi connectivity index (χ2v) is 6.75. The van der Waals surface area contributed by atoms with Crippen LogP contribution in [0.4, 0.5) is 0 Å². The first-order valence-electron chi connectivity index (χ1n) is 7.59. The lowest BCUT2D eigenvalue weighted by atomic mass is 9.73. The van der Waals surface area contributed by atoms with Crippen molar-refractivity contribution < 1.29 is 4.79 Å². The van der Waals surface area contributed by atoms with Gasteiger partial charge in [0.1, 0.15) is 0 Å². The van der Waals surface area contributed by atoms with Crippen molar-refractivity contribution in [3.05, 3.63) is 0 Å². The van der Waals surface area contributed by atoms with Crippen LogP contribution in [0.2, 0.25) is 0 Å². The van der Waals surface area contributed by atoms with E-state index in [-0.39, 0.29) is 11.3 Å². The first kappa shape index (κ1) is 13.9. The van der Waals surface area contributed by atoms with E-state index in [4.69, 9.17) is 5.73 Å². The number of hydrogen-bond donors (Lipinski definition) is 2. The van der Waals surface area contributed by atoms with E-state index in [9.17, 15) is 4.79 Å². The minimum Gasteiger partial charge on any atom is -0.355 e. The van der Waals surface area contributed by atoms with E-state index in [1.807, 2.05) is 0 Å². The predicted molar refractivity (Wildman–Crippen MR) is 74.2 cm³/mol. The predicted octanol–water partition coefficient (Wildman–Crippen LogP) is 2.59. The smallest absolute Gasteiger partial charge is 0.227 e. The summed E-state index contributed by atoms with van der Waals surface area (Å²) >= 11 is 0. The summed E-state index contributed by atoms with van der Waals surface area (Å²) in [5.74, 6) is 0.220. The van der Waals surface area contributed by atoms with E-state index >= 15 is 0 Å². The summed E-state index contributed by atoms with van der Waals surface area (Å²) in [6.45, 7) is 3.65. The Morgan fingerprint density at radius 2 is 1.61 bits per heavy atom. The van der Waals surface area contributed by atoms with Gasteiger partial charge in [-0.05, 0) is 31.1 Å². The average molecular weight is 252 g/mol. The number of nitrogens with two attached hydrogens (primary N) is 1. The summed E-state index contributed by atoms with van der Waals surface area (Å²) < 4.78 is 0. The summed E-state index contributed by atoms with van der Waals surface area (Å²) in [6.07, 6.45) is 10.7. The lowest BCUT2D eigenvalue weighted by Crippen LogP contribution is -2.49. The standard InChI is InChI=1S/C15H28N2O/c1-14(7-5-6-8-14)12-17-13(18)15(11-16)9-3-2-4-10-15/h2-12,16H2,1H3,(H,17,18). The molecule has 0 aliphatic heterocycles. The molecule has 104 valence electrons. The molecule has 0 aromatic rings. The van der Waals surface area contributed by atoms with Crippen molar-refractivity contribution in [2.75, 3.05) is 13.1 Å². The van der Waals surface area contributed by atoms with Crippen molar-refractivity contribution in [2.45, 2.75) is 64.7 Å². The van der Waals surface area contributed by atoms with Crippen LogP contribution in [0.25, 0.3) is 0 Å². The van der Waals surface area contributed by atoms with Crippen LogP contribution in [-0.4, -0.2) is 19.0 Å². The van der Waals surface area contributed by atoms with Crippen molar-refractivity contribution in [3.63, 3.8) is 0 Å². The Kier molecular flexibility index (Phi) is 4.31. The van der Waals surface area contributed by atoms with Crippen molar-refractivity contribution in [3.8, 4) is 0 Å². The lowest BCUT2D eigenvalue weighted by Gasteiger charge is -2.36. The van der Waals surface area contributed by atoms with Gasteiger partial charge in [-0.3, -0.25) is 4.79 Å². The minimum atomic E-state index is -0.257. The van der Waals surface area contributed by atoms with E-state index in [0.29, 0.717) is 12.0 Å². The number of hydrogen-bond acceptors (Lipinski definition) is 2. The molecule has 0 spiro atoms. The van der Waals surface area contributed by atoms with E-state index < -0.39 is 0 Å².